The van der Waals surface area contributed by atoms with Gasteiger partial charge < -0.3 is 20.1 Å². The maximum absolute atomic E-state index is 13.0. The van der Waals surface area contributed by atoms with Crippen LogP contribution in [0.2, 0.25) is 0 Å². The highest BCUT2D eigenvalue weighted by molar-refractivity contribution is 5.80. The van der Waals surface area contributed by atoms with Crippen molar-refractivity contribution >= 4 is 17.0 Å². The number of nitrogens with zero attached hydrogens (tertiary/aromatic N) is 4. The van der Waals surface area contributed by atoms with Crippen LogP contribution in [-0.2, 0) is 6.18 Å². The van der Waals surface area contributed by atoms with Gasteiger partial charge in [0.2, 0.25) is 5.95 Å². The molecule has 34 heavy (non-hydrogen) atoms. The van der Waals surface area contributed by atoms with E-state index in [1.165, 1.54) is 6.07 Å². The number of imidazole rings is 1. The Kier molecular flexibility index (Phi) is 5.70. The van der Waals surface area contributed by atoms with Crippen molar-refractivity contribution < 1.29 is 23.4 Å². The molecule has 7 nitrogen and oxygen atoms in total. The zero-order valence-electron chi connectivity index (χ0n) is 18.0. The summed E-state index contributed by atoms with van der Waals surface area (Å²) >= 11 is 0. The van der Waals surface area contributed by atoms with Gasteiger partial charge in [-0.25, -0.2) is 15.0 Å². The summed E-state index contributed by atoms with van der Waals surface area (Å²) in [5.74, 6) is 0.975. The molecule has 1 fully saturated rings. The van der Waals surface area contributed by atoms with E-state index >= 15 is 0 Å². The number of alkyl halides is 3. The molecule has 0 atom stereocenters. The first kappa shape index (κ1) is 22.3. The molecule has 0 amide bonds. The molecule has 0 unspecified atom stereocenters. The summed E-state index contributed by atoms with van der Waals surface area (Å²) in [5.41, 5.74) is 2.55. The highest BCUT2D eigenvalue weighted by Gasteiger charge is 2.30. The molecule has 0 spiro atoms. The number of aromatic amines is 1. The maximum Gasteiger partial charge on any atom is 0.416 e. The Morgan fingerprint density at radius 1 is 0.912 bits per heavy atom. The summed E-state index contributed by atoms with van der Waals surface area (Å²) in [6.07, 6.45) is -0.872. The van der Waals surface area contributed by atoms with Gasteiger partial charge in [0.15, 0.2) is 6.29 Å². The summed E-state index contributed by atoms with van der Waals surface area (Å²) in [6.45, 7) is 1.33. The smallest absolute Gasteiger partial charge is 0.368 e. The molecule has 5 rings (SSSR count). The number of hydrogen-bond donors (Lipinski definition) is 3. The number of hydrogen-bond acceptors (Lipinski definition) is 6. The number of nitrogens with one attached hydrogen (secondary N) is 1. The van der Waals surface area contributed by atoms with Crippen LogP contribution in [-0.4, -0.2) is 49.5 Å². The number of aliphatic hydroxyl groups is 2. The molecule has 3 N–H and O–H groups in total. The monoisotopic (exact) mass is 469 g/mol. The van der Waals surface area contributed by atoms with E-state index in [-0.39, 0.29) is 5.92 Å². The number of benzene rings is 2. The second kappa shape index (κ2) is 8.69. The highest BCUT2D eigenvalue weighted by Crippen LogP contribution is 2.32. The number of anilines is 1. The van der Waals surface area contributed by atoms with E-state index in [0.717, 1.165) is 28.8 Å². The summed E-state index contributed by atoms with van der Waals surface area (Å²) in [7, 11) is 0. The molecule has 2 aromatic carbocycles. The van der Waals surface area contributed by atoms with Gasteiger partial charge in [0.1, 0.15) is 5.82 Å². The summed E-state index contributed by atoms with van der Waals surface area (Å²) < 4.78 is 38.9. The van der Waals surface area contributed by atoms with E-state index in [1.54, 1.807) is 12.4 Å². The molecule has 1 saturated heterocycles. The normalized spacial score (nSPS) is 15.4. The van der Waals surface area contributed by atoms with Crippen molar-refractivity contribution in [3.63, 3.8) is 0 Å². The summed E-state index contributed by atoms with van der Waals surface area (Å²) in [5, 5.41) is 18.6. The van der Waals surface area contributed by atoms with Crippen LogP contribution in [0.15, 0.2) is 54.9 Å². The number of fused-ring (bicyclic) bond motifs is 1. The Morgan fingerprint density at radius 3 is 2.18 bits per heavy atom. The second-order valence-corrected chi connectivity index (χ2v) is 8.40. The van der Waals surface area contributed by atoms with Crippen molar-refractivity contribution in [2.45, 2.75) is 25.3 Å². The lowest BCUT2D eigenvalue weighted by molar-refractivity contribution is -0.137. The number of aliphatic hydroxyl groups excluding tert-OH is 1. The Morgan fingerprint density at radius 2 is 1.56 bits per heavy atom. The SMILES string of the molecule is OC(O)C1CCN(c2ncc(-c3ccc(-c4nc5ccc(C(F)(F)F)cc5[nH]4)cc3)cn2)CC1. The minimum Gasteiger partial charge on any atom is -0.368 e. The molecule has 0 saturated carbocycles. The molecule has 3 heterocycles. The standard InChI is InChI=1S/C24H22F3N5O2/c25-24(26,27)18-5-6-19-20(11-18)31-21(30-19)15-3-1-14(2-4-15)17-12-28-23(29-13-17)32-9-7-16(8-10-32)22(33)34/h1-6,11-13,16,22,33-34H,7-10H2,(H,30,31). The maximum atomic E-state index is 13.0. The second-order valence-electron chi connectivity index (χ2n) is 8.40. The first-order valence-electron chi connectivity index (χ1n) is 10.9. The van der Waals surface area contributed by atoms with Gasteiger partial charge in [0.05, 0.1) is 16.6 Å². The van der Waals surface area contributed by atoms with E-state index in [2.05, 4.69) is 19.9 Å². The van der Waals surface area contributed by atoms with Crippen LogP contribution in [0.4, 0.5) is 19.1 Å². The van der Waals surface area contributed by atoms with Crippen molar-refractivity contribution in [2.24, 2.45) is 5.92 Å². The van der Waals surface area contributed by atoms with E-state index in [1.807, 2.05) is 29.2 Å². The highest BCUT2D eigenvalue weighted by atomic mass is 19.4. The van der Waals surface area contributed by atoms with Gasteiger partial charge in [-0.1, -0.05) is 24.3 Å². The van der Waals surface area contributed by atoms with Crippen LogP contribution in [0.1, 0.15) is 18.4 Å². The third-order valence-corrected chi connectivity index (χ3v) is 6.18. The van der Waals surface area contributed by atoms with E-state index in [0.29, 0.717) is 48.7 Å². The predicted octanol–water partition coefficient (Wildman–Crippen LogP) is 4.23. The molecule has 0 radical (unpaired) electrons. The molecular weight excluding hydrogens is 447 g/mol. The van der Waals surface area contributed by atoms with Crippen LogP contribution >= 0.6 is 0 Å². The first-order chi connectivity index (χ1) is 16.3. The van der Waals surface area contributed by atoms with Crippen molar-refractivity contribution in [2.75, 3.05) is 18.0 Å². The lowest BCUT2D eigenvalue weighted by Crippen LogP contribution is -2.38. The van der Waals surface area contributed by atoms with Crippen molar-refractivity contribution in [3.8, 4) is 22.5 Å². The number of H-pyrrole nitrogens is 1. The molecule has 4 aromatic rings. The van der Waals surface area contributed by atoms with Gasteiger partial charge in [-0.05, 0) is 36.6 Å². The minimum absolute atomic E-state index is 0.118. The summed E-state index contributed by atoms with van der Waals surface area (Å²) in [6, 6.07) is 10.9. The third kappa shape index (κ3) is 4.46. The number of aromatic nitrogens is 4. The fourth-order valence-electron chi connectivity index (χ4n) is 4.17. The average molecular weight is 469 g/mol. The summed E-state index contributed by atoms with van der Waals surface area (Å²) in [4.78, 5) is 18.3. The Hall–Kier alpha value is -3.50. The van der Waals surface area contributed by atoms with Gasteiger partial charge in [-0.3, -0.25) is 0 Å². The van der Waals surface area contributed by atoms with Crippen LogP contribution in [0, 0.1) is 5.92 Å². The van der Waals surface area contributed by atoms with Gasteiger partial charge in [-0.2, -0.15) is 13.2 Å². The Balaban J connectivity index is 1.30. The predicted molar refractivity (Wildman–Crippen MR) is 121 cm³/mol. The number of rotatable bonds is 4. The van der Waals surface area contributed by atoms with Gasteiger partial charge in [-0.15, -0.1) is 0 Å². The fourth-order valence-corrected chi connectivity index (χ4v) is 4.17. The topological polar surface area (TPSA) is 98.2 Å². The Bertz CT molecular complexity index is 1280. The Labute approximate surface area is 192 Å². The molecule has 1 aliphatic heterocycles. The van der Waals surface area contributed by atoms with Gasteiger partial charge in [0, 0.05) is 42.5 Å². The zero-order chi connectivity index (χ0) is 23.9. The molecule has 176 valence electrons. The lowest BCUT2D eigenvalue weighted by Gasteiger charge is -2.32. The van der Waals surface area contributed by atoms with E-state index < -0.39 is 18.0 Å². The third-order valence-electron chi connectivity index (χ3n) is 6.18. The van der Waals surface area contributed by atoms with E-state index in [4.69, 9.17) is 0 Å². The molecule has 2 aromatic heterocycles. The van der Waals surface area contributed by atoms with Crippen LogP contribution < -0.4 is 4.90 Å². The molecule has 0 aliphatic carbocycles. The largest absolute Gasteiger partial charge is 0.416 e. The fraction of sp³-hybridized carbons (Fsp3) is 0.292. The first-order valence-corrected chi connectivity index (χ1v) is 10.9. The van der Waals surface area contributed by atoms with Crippen LogP contribution in [0.3, 0.4) is 0 Å². The van der Waals surface area contributed by atoms with Crippen molar-refractivity contribution in [1.29, 1.82) is 0 Å². The average Bonchev–Trinajstić information content (AvgIpc) is 3.27. The van der Waals surface area contributed by atoms with Crippen LogP contribution in [0.25, 0.3) is 33.5 Å². The molecule has 10 heteroatoms. The number of halogens is 3. The molecule has 0 bridgehead atoms. The van der Waals surface area contributed by atoms with Gasteiger partial charge in [0.25, 0.3) is 0 Å². The lowest BCUT2D eigenvalue weighted by atomic mass is 9.96. The van der Waals surface area contributed by atoms with Crippen molar-refractivity contribution in [1.82, 2.24) is 19.9 Å². The molecule has 1 aliphatic rings. The van der Waals surface area contributed by atoms with E-state index in [9.17, 15) is 23.4 Å². The van der Waals surface area contributed by atoms with Crippen molar-refractivity contribution in [3.05, 3.63) is 60.4 Å². The minimum atomic E-state index is -4.41. The molecular formula is C24H22F3N5O2. The zero-order valence-corrected chi connectivity index (χ0v) is 18.0. The van der Waals surface area contributed by atoms with Crippen LogP contribution in [0.5, 0.6) is 0 Å². The quantitative estimate of drug-likeness (QED) is 0.387. The van der Waals surface area contributed by atoms with Gasteiger partial charge >= 0.3 is 6.18 Å². The number of piperidine rings is 1.